The maximum Gasteiger partial charge on any atom is 0.235 e. The first-order chi connectivity index (χ1) is 17.0. The highest BCUT2D eigenvalue weighted by Gasteiger charge is 2.25. The number of nitrogens with one attached hydrogen (secondary N) is 1. The molecule has 0 saturated heterocycles. The predicted octanol–water partition coefficient (Wildman–Crippen LogP) is 6.03. The van der Waals surface area contributed by atoms with Crippen LogP contribution in [0.5, 0.6) is 0 Å². The Morgan fingerprint density at radius 2 is 2.06 bits per heavy atom. The fraction of sp³-hybridized carbons (Fsp3) is 0.259. The van der Waals surface area contributed by atoms with Gasteiger partial charge in [-0.15, -0.1) is 21.5 Å². The number of carbonyl (C=O) groups excluding carboxylic acids is 1. The van der Waals surface area contributed by atoms with Gasteiger partial charge in [0.1, 0.15) is 11.1 Å². The molecule has 6 nitrogen and oxygen atoms in total. The molecule has 0 radical (unpaired) electrons. The highest BCUT2D eigenvalue weighted by Crippen LogP contribution is 2.39. The fourth-order valence-corrected chi connectivity index (χ4v) is 6.52. The van der Waals surface area contributed by atoms with Crippen molar-refractivity contribution in [1.29, 1.82) is 5.26 Å². The number of aromatic nitrogens is 3. The third-order valence-corrected chi connectivity index (χ3v) is 8.23. The van der Waals surface area contributed by atoms with Gasteiger partial charge >= 0.3 is 0 Å². The van der Waals surface area contributed by atoms with Gasteiger partial charge in [0.15, 0.2) is 11.0 Å². The lowest BCUT2D eigenvalue weighted by molar-refractivity contribution is -0.113. The summed E-state index contributed by atoms with van der Waals surface area (Å²) in [5.74, 6) is 1.36. The van der Waals surface area contributed by atoms with Gasteiger partial charge in [0.05, 0.1) is 11.3 Å². The third kappa shape index (κ3) is 4.88. The van der Waals surface area contributed by atoms with E-state index < -0.39 is 0 Å². The molecule has 0 aliphatic heterocycles. The van der Waals surface area contributed by atoms with Gasteiger partial charge in [-0.1, -0.05) is 60.6 Å². The Morgan fingerprint density at radius 1 is 1.23 bits per heavy atom. The molecule has 1 N–H and O–H groups in total. The number of benzene rings is 2. The monoisotopic (exact) mass is 499 g/mol. The number of nitriles is 1. The van der Waals surface area contributed by atoms with Crippen molar-refractivity contribution in [2.75, 3.05) is 11.1 Å². The summed E-state index contributed by atoms with van der Waals surface area (Å²) in [6.45, 7) is 4.28. The number of rotatable bonds is 6. The molecule has 2 heterocycles. The van der Waals surface area contributed by atoms with Gasteiger partial charge in [0.25, 0.3) is 0 Å². The van der Waals surface area contributed by atoms with Crippen LogP contribution in [0.4, 0.5) is 5.00 Å². The summed E-state index contributed by atoms with van der Waals surface area (Å²) in [7, 11) is 0. The van der Waals surface area contributed by atoms with E-state index in [2.05, 4.69) is 34.6 Å². The predicted molar refractivity (Wildman–Crippen MR) is 141 cm³/mol. The van der Waals surface area contributed by atoms with Crippen molar-refractivity contribution < 1.29 is 4.79 Å². The summed E-state index contributed by atoms with van der Waals surface area (Å²) in [6, 6.07) is 20.4. The van der Waals surface area contributed by atoms with Crippen LogP contribution >= 0.6 is 23.1 Å². The van der Waals surface area contributed by atoms with Crippen LogP contribution in [0.2, 0.25) is 0 Å². The van der Waals surface area contributed by atoms with E-state index >= 15 is 0 Å². The topological polar surface area (TPSA) is 83.6 Å². The zero-order valence-electron chi connectivity index (χ0n) is 19.6. The van der Waals surface area contributed by atoms with Crippen molar-refractivity contribution in [2.24, 2.45) is 5.92 Å². The van der Waals surface area contributed by atoms with Gasteiger partial charge in [0, 0.05) is 16.1 Å². The Hall–Kier alpha value is -3.41. The molecule has 0 spiro atoms. The summed E-state index contributed by atoms with van der Waals surface area (Å²) in [5, 5.41) is 22.9. The molecule has 5 rings (SSSR count). The normalized spacial score (nSPS) is 14.8. The standard InChI is InChI=1S/C27H25N5OS2/c1-17-7-6-8-19(13-17)25-30-31-27(32(25)20-9-4-3-5-10-20)34-16-24(33)29-26-22(15-28)21-12-11-18(2)14-23(21)35-26/h3-10,13,18H,11-12,14,16H2,1-2H3,(H,29,33). The SMILES string of the molecule is Cc1cccc(-c2nnc(SCC(=O)Nc3sc4c(c3C#N)CCC(C)C4)n2-c2ccccc2)c1. The van der Waals surface area contributed by atoms with E-state index in [1.165, 1.54) is 16.6 Å². The number of carbonyl (C=O) groups is 1. The Morgan fingerprint density at radius 3 is 2.83 bits per heavy atom. The van der Waals surface area contributed by atoms with Crippen molar-refractivity contribution in [1.82, 2.24) is 14.8 Å². The first kappa shape index (κ1) is 23.3. The van der Waals surface area contributed by atoms with E-state index in [0.717, 1.165) is 47.5 Å². The molecule has 176 valence electrons. The van der Waals surface area contributed by atoms with E-state index in [1.807, 2.05) is 60.0 Å². The minimum atomic E-state index is -0.155. The second-order valence-electron chi connectivity index (χ2n) is 8.85. The van der Waals surface area contributed by atoms with Crippen molar-refractivity contribution in [2.45, 2.75) is 38.3 Å². The number of fused-ring (bicyclic) bond motifs is 1. The first-order valence-corrected chi connectivity index (χ1v) is 13.4. The van der Waals surface area contributed by atoms with Crippen molar-refractivity contribution in [3.05, 3.63) is 76.2 Å². The Balaban J connectivity index is 1.38. The molecule has 35 heavy (non-hydrogen) atoms. The summed E-state index contributed by atoms with van der Waals surface area (Å²) >= 11 is 2.88. The molecule has 1 atom stereocenters. The van der Waals surface area contributed by atoms with Crippen LogP contribution in [0, 0.1) is 24.2 Å². The summed E-state index contributed by atoms with van der Waals surface area (Å²) in [6.07, 6.45) is 2.96. The lowest BCUT2D eigenvalue weighted by Crippen LogP contribution is -2.14. The number of hydrogen-bond donors (Lipinski definition) is 1. The van der Waals surface area contributed by atoms with Crippen LogP contribution in [0.25, 0.3) is 17.1 Å². The average molecular weight is 500 g/mol. The number of hydrogen-bond acceptors (Lipinski definition) is 6. The number of para-hydroxylation sites is 1. The van der Waals surface area contributed by atoms with Crippen LogP contribution < -0.4 is 5.32 Å². The van der Waals surface area contributed by atoms with Gasteiger partial charge in [-0.25, -0.2) is 0 Å². The Labute approximate surface area is 213 Å². The average Bonchev–Trinajstić information content (AvgIpc) is 3.43. The molecule has 2 aromatic heterocycles. The van der Waals surface area contributed by atoms with Crippen molar-refractivity contribution >= 4 is 34.0 Å². The van der Waals surface area contributed by atoms with Gasteiger partial charge in [-0.2, -0.15) is 5.26 Å². The van der Waals surface area contributed by atoms with Crippen molar-refractivity contribution in [3.63, 3.8) is 0 Å². The second-order valence-corrected chi connectivity index (χ2v) is 10.9. The van der Waals surface area contributed by atoms with Crippen LogP contribution in [-0.4, -0.2) is 26.4 Å². The maximum absolute atomic E-state index is 12.9. The van der Waals surface area contributed by atoms with Gasteiger partial charge in [0.2, 0.25) is 5.91 Å². The molecule has 0 fully saturated rings. The molecule has 0 saturated carbocycles. The third-order valence-electron chi connectivity index (χ3n) is 6.13. The quantitative estimate of drug-likeness (QED) is 0.327. The summed E-state index contributed by atoms with van der Waals surface area (Å²) in [5.41, 5.74) is 4.79. The van der Waals surface area contributed by atoms with Gasteiger partial charge in [-0.3, -0.25) is 9.36 Å². The molecule has 1 aliphatic carbocycles. The summed E-state index contributed by atoms with van der Waals surface area (Å²) in [4.78, 5) is 14.1. The van der Waals surface area contributed by atoms with Gasteiger partial charge in [-0.05, 0) is 55.9 Å². The maximum atomic E-state index is 12.9. The highest BCUT2D eigenvalue weighted by molar-refractivity contribution is 7.99. The Kier molecular flexibility index (Phi) is 6.71. The number of amides is 1. The molecule has 1 amide bonds. The molecule has 4 aromatic rings. The minimum absolute atomic E-state index is 0.155. The molecule has 0 bridgehead atoms. The zero-order chi connectivity index (χ0) is 24.4. The van der Waals surface area contributed by atoms with E-state index in [-0.39, 0.29) is 11.7 Å². The lowest BCUT2D eigenvalue weighted by Gasteiger charge is -2.17. The molecule has 2 aromatic carbocycles. The van der Waals surface area contributed by atoms with Crippen molar-refractivity contribution in [3.8, 4) is 23.1 Å². The highest BCUT2D eigenvalue weighted by atomic mass is 32.2. The van der Waals surface area contributed by atoms with Gasteiger partial charge < -0.3 is 5.32 Å². The van der Waals surface area contributed by atoms with Crippen LogP contribution in [0.3, 0.4) is 0 Å². The number of thiophene rings is 1. The number of nitrogens with zero attached hydrogens (tertiary/aromatic N) is 4. The molecular formula is C27H25N5OS2. The minimum Gasteiger partial charge on any atom is -0.316 e. The molecule has 8 heteroatoms. The van der Waals surface area contributed by atoms with Crippen LogP contribution in [0.15, 0.2) is 59.8 Å². The zero-order valence-corrected chi connectivity index (χ0v) is 21.2. The summed E-state index contributed by atoms with van der Waals surface area (Å²) < 4.78 is 1.98. The number of thioether (sulfide) groups is 1. The molecule has 1 aliphatic rings. The van der Waals surface area contributed by atoms with Crippen LogP contribution in [0.1, 0.15) is 34.9 Å². The molecule has 1 unspecified atom stereocenters. The largest absolute Gasteiger partial charge is 0.316 e. The number of aryl methyl sites for hydroxylation is 1. The second kappa shape index (κ2) is 10.1. The lowest BCUT2D eigenvalue weighted by atomic mass is 9.89. The van der Waals surface area contributed by atoms with E-state index in [9.17, 15) is 10.1 Å². The smallest absolute Gasteiger partial charge is 0.235 e. The van der Waals surface area contributed by atoms with E-state index in [4.69, 9.17) is 0 Å². The van der Waals surface area contributed by atoms with E-state index in [1.54, 1.807) is 11.3 Å². The van der Waals surface area contributed by atoms with E-state index in [0.29, 0.717) is 21.6 Å². The molecular weight excluding hydrogens is 474 g/mol. The fourth-order valence-electron chi connectivity index (χ4n) is 4.39. The number of anilines is 1. The Bertz CT molecular complexity index is 1420. The van der Waals surface area contributed by atoms with Crippen LogP contribution in [-0.2, 0) is 17.6 Å². The first-order valence-electron chi connectivity index (χ1n) is 11.6.